The highest BCUT2D eigenvalue weighted by Gasteiger charge is 2.30. The number of unbranched alkanes of at least 4 members (excludes halogenated alkanes) is 41. The van der Waals surface area contributed by atoms with Gasteiger partial charge >= 0.3 is 39.5 Å². The van der Waals surface area contributed by atoms with Crippen molar-refractivity contribution < 1.29 is 80.2 Å². The molecule has 0 aromatic rings. The van der Waals surface area contributed by atoms with E-state index in [-0.39, 0.29) is 25.7 Å². The Balaban J connectivity index is 5.26. The van der Waals surface area contributed by atoms with Gasteiger partial charge in [-0.3, -0.25) is 37.3 Å². The van der Waals surface area contributed by atoms with Crippen LogP contribution in [-0.4, -0.2) is 96.7 Å². The van der Waals surface area contributed by atoms with E-state index in [1.807, 2.05) is 0 Å². The van der Waals surface area contributed by atoms with Crippen molar-refractivity contribution in [1.82, 2.24) is 0 Å². The molecule has 2 unspecified atom stereocenters. The van der Waals surface area contributed by atoms with Crippen molar-refractivity contribution in [3.05, 3.63) is 0 Å². The van der Waals surface area contributed by atoms with Crippen LogP contribution in [0.3, 0.4) is 0 Å². The Morgan fingerprint density at radius 1 is 0.287 bits per heavy atom. The Morgan fingerprint density at radius 3 is 0.723 bits per heavy atom. The number of hydrogen-bond acceptors (Lipinski definition) is 15. The molecular weight excluding hydrogens is 1230 g/mol. The van der Waals surface area contributed by atoms with Gasteiger partial charge in [0.15, 0.2) is 12.2 Å². The van der Waals surface area contributed by atoms with Crippen LogP contribution in [0.4, 0.5) is 0 Å². The van der Waals surface area contributed by atoms with Crippen molar-refractivity contribution >= 4 is 39.5 Å². The molecule has 0 aromatic carbocycles. The summed E-state index contributed by atoms with van der Waals surface area (Å²) < 4.78 is 68.5. The van der Waals surface area contributed by atoms with Crippen LogP contribution in [-0.2, 0) is 65.4 Å². The quantitative estimate of drug-likeness (QED) is 0.0222. The van der Waals surface area contributed by atoms with Crippen LogP contribution in [0.15, 0.2) is 0 Å². The predicted octanol–water partition coefficient (Wildman–Crippen LogP) is 21.8. The van der Waals surface area contributed by atoms with E-state index in [0.29, 0.717) is 25.7 Å². The molecule has 0 rings (SSSR count). The second kappa shape index (κ2) is 65.7. The van der Waals surface area contributed by atoms with Crippen molar-refractivity contribution in [2.24, 2.45) is 17.8 Å². The molecule has 0 amide bonds. The van der Waals surface area contributed by atoms with Crippen LogP contribution in [0.25, 0.3) is 0 Å². The fourth-order valence-electron chi connectivity index (χ4n) is 11.4. The Morgan fingerprint density at radius 2 is 0.489 bits per heavy atom. The second-order valence-corrected chi connectivity index (χ2v) is 31.4. The lowest BCUT2D eigenvalue weighted by atomic mass is 10.0. The zero-order chi connectivity index (χ0) is 69.4. The molecule has 558 valence electrons. The molecule has 0 aliphatic carbocycles. The molecule has 0 heterocycles. The fraction of sp³-hybridized carbons (Fsp3) is 0.947. The average Bonchev–Trinajstić information content (AvgIpc) is 1.18. The third kappa shape index (κ3) is 68.6. The normalized spacial score (nSPS) is 14.1. The number of phosphoric ester groups is 2. The molecule has 0 aliphatic rings. The van der Waals surface area contributed by atoms with Gasteiger partial charge in [-0.05, 0) is 43.4 Å². The molecule has 94 heavy (non-hydrogen) atoms. The van der Waals surface area contributed by atoms with Crippen LogP contribution in [0, 0.1) is 17.8 Å². The van der Waals surface area contributed by atoms with E-state index < -0.39 is 97.5 Å². The topological polar surface area (TPSA) is 237 Å². The monoisotopic (exact) mass is 1380 g/mol. The van der Waals surface area contributed by atoms with Crippen LogP contribution in [0.2, 0.25) is 0 Å². The summed E-state index contributed by atoms with van der Waals surface area (Å²) in [7, 11) is -9.91. The average molecular weight is 1380 g/mol. The third-order valence-corrected chi connectivity index (χ3v) is 19.3. The summed E-state index contributed by atoms with van der Waals surface area (Å²) in [5.41, 5.74) is 0. The van der Waals surface area contributed by atoms with Gasteiger partial charge in [0.1, 0.15) is 19.3 Å². The SMILES string of the molecule is CCCCCCCCCCCCCC(=O)OC[C@H](COP(=O)(O)OC[C@H](O)COP(=O)(O)OC[C@@H](COC(=O)CCCCCCCCCCCCCC(C)C)OC(=O)CCCCCCCCCCCCCCCC(C)C)OC(=O)CCCCCCCCCCCCC(C)C. The van der Waals surface area contributed by atoms with E-state index in [1.54, 1.807) is 0 Å². The molecule has 0 aliphatic heterocycles. The van der Waals surface area contributed by atoms with Gasteiger partial charge in [-0.1, -0.05) is 331 Å². The predicted molar refractivity (Wildman–Crippen MR) is 381 cm³/mol. The Kier molecular flexibility index (Phi) is 64.3. The van der Waals surface area contributed by atoms with Gasteiger partial charge in [-0.25, -0.2) is 9.13 Å². The summed E-state index contributed by atoms with van der Waals surface area (Å²) in [5.74, 6) is 0.192. The number of aliphatic hydroxyl groups excluding tert-OH is 1. The number of esters is 4. The van der Waals surface area contributed by atoms with Gasteiger partial charge in [0.2, 0.25) is 0 Å². The molecule has 0 spiro atoms. The van der Waals surface area contributed by atoms with E-state index >= 15 is 0 Å². The smallest absolute Gasteiger partial charge is 0.462 e. The fourth-order valence-corrected chi connectivity index (χ4v) is 13.0. The minimum Gasteiger partial charge on any atom is -0.462 e. The molecule has 0 radical (unpaired) electrons. The summed E-state index contributed by atoms with van der Waals surface area (Å²) >= 11 is 0. The first-order valence-corrected chi connectivity index (χ1v) is 41.8. The van der Waals surface area contributed by atoms with Gasteiger partial charge in [-0.15, -0.1) is 0 Å². The zero-order valence-corrected chi connectivity index (χ0v) is 63.2. The van der Waals surface area contributed by atoms with Gasteiger partial charge in [-0.2, -0.15) is 0 Å². The number of ether oxygens (including phenoxy) is 4. The van der Waals surface area contributed by atoms with Crippen molar-refractivity contribution in [1.29, 1.82) is 0 Å². The maximum atomic E-state index is 13.1. The van der Waals surface area contributed by atoms with Crippen LogP contribution >= 0.6 is 15.6 Å². The molecule has 3 N–H and O–H groups in total. The molecule has 0 fully saturated rings. The van der Waals surface area contributed by atoms with Gasteiger partial charge in [0.25, 0.3) is 0 Å². The van der Waals surface area contributed by atoms with Crippen molar-refractivity contribution in [3.8, 4) is 0 Å². The third-order valence-electron chi connectivity index (χ3n) is 17.4. The number of hydrogen-bond donors (Lipinski definition) is 3. The molecule has 0 aromatic heterocycles. The highest BCUT2D eigenvalue weighted by atomic mass is 31.2. The van der Waals surface area contributed by atoms with Crippen molar-refractivity contribution in [2.75, 3.05) is 39.6 Å². The molecule has 0 saturated heterocycles. The summed E-state index contributed by atoms with van der Waals surface area (Å²) in [4.78, 5) is 72.8. The molecule has 17 nitrogen and oxygen atoms in total. The summed E-state index contributed by atoms with van der Waals surface area (Å²) in [6.45, 7) is 11.9. The molecular formula is C75H146O17P2. The zero-order valence-electron chi connectivity index (χ0n) is 61.4. The first-order chi connectivity index (χ1) is 45.2. The maximum absolute atomic E-state index is 13.1. The van der Waals surface area contributed by atoms with Crippen LogP contribution < -0.4 is 0 Å². The largest absolute Gasteiger partial charge is 0.472 e. The van der Waals surface area contributed by atoms with E-state index in [0.717, 1.165) is 108 Å². The number of carbonyl (C=O) groups excluding carboxylic acids is 4. The summed E-state index contributed by atoms with van der Waals surface area (Å²) in [6, 6.07) is 0. The van der Waals surface area contributed by atoms with Crippen molar-refractivity contribution in [2.45, 2.75) is 401 Å². The highest BCUT2D eigenvalue weighted by molar-refractivity contribution is 7.47. The van der Waals surface area contributed by atoms with Crippen LogP contribution in [0.1, 0.15) is 382 Å². The van der Waals surface area contributed by atoms with E-state index in [1.165, 1.54) is 193 Å². The maximum Gasteiger partial charge on any atom is 0.472 e. The van der Waals surface area contributed by atoms with Crippen molar-refractivity contribution in [3.63, 3.8) is 0 Å². The van der Waals surface area contributed by atoms with Gasteiger partial charge < -0.3 is 33.8 Å². The van der Waals surface area contributed by atoms with Gasteiger partial charge in [0, 0.05) is 25.7 Å². The Bertz CT molecular complexity index is 1840. The van der Waals surface area contributed by atoms with E-state index in [4.69, 9.17) is 37.0 Å². The summed E-state index contributed by atoms with van der Waals surface area (Å²) in [6.07, 6.45) is 51.2. The van der Waals surface area contributed by atoms with Gasteiger partial charge in [0.05, 0.1) is 26.4 Å². The van der Waals surface area contributed by atoms with E-state index in [2.05, 4.69) is 48.5 Å². The number of carbonyl (C=O) groups is 4. The molecule has 5 atom stereocenters. The number of phosphoric acid groups is 2. The molecule has 0 bridgehead atoms. The number of aliphatic hydroxyl groups is 1. The second-order valence-electron chi connectivity index (χ2n) is 28.5. The first kappa shape index (κ1) is 92.1. The molecule has 0 saturated carbocycles. The Hall–Kier alpha value is -1.94. The minimum atomic E-state index is -4.96. The van der Waals surface area contributed by atoms with E-state index in [9.17, 15) is 43.2 Å². The standard InChI is InChI=1S/C75H146O17P2/c1-8-9-10-11-12-13-18-28-35-42-49-56-72(77)85-62-71(92-75(80)59-52-45-38-31-24-23-27-34-41-48-55-68(6)7)65-90-94(83,84)88-61-69(76)60-87-93(81,82)89-64-70(63-86-73(78)57-50-43-36-29-22-17-20-26-33-40-47-54-67(4)5)91-74(79)58-51-44-37-30-21-16-14-15-19-25-32-39-46-53-66(2)3/h66-71,76H,8-65H2,1-7H3,(H,81,82)(H,83,84)/t69-,70-,71-/m1/s1. The first-order valence-electron chi connectivity index (χ1n) is 38.8. The van der Waals surface area contributed by atoms with Crippen LogP contribution in [0.5, 0.6) is 0 Å². The minimum absolute atomic E-state index is 0.106. The summed E-state index contributed by atoms with van der Waals surface area (Å²) in [5, 5.41) is 10.6. The molecule has 19 heteroatoms. The Labute approximate surface area is 575 Å². The highest BCUT2D eigenvalue weighted by Crippen LogP contribution is 2.45. The number of rotatable bonds is 73. The lowest BCUT2D eigenvalue weighted by Crippen LogP contribution is -2.30. The lowest BCUT2D eigenvalue weighted by molar-refractivity contribution is -0.161. The lowest BCUT2D eigenvalue weighted by Gasteiger charge is -2.21.